The summed E-state index contributed by atoms with van der Waals surface area (Å²) in [5.41, 5.74) is 2.98. The molecule has 0 spiro atoms. The smallest absolute Gasteiger partial charge is 0.220 e. The van der Waals surface area contributed by atoms with Crippen LogP contribution in [-0.4, -0.2) is 32.3 Å². The van der Waals surface area contributed by atoms with E-state index in [4.69, 9.17) is 4.74 Å². The van der Waals surface area contributed by atoms with Gasteiger partial charge in [0.2, 0.25) is 5.88 Å². The van der Waals surface area contributed by atoms with Crippen molar-refractivity contribution in [2.75, 3.05) is 6.61 Å². The molecule has 2 atom stereocenters. The van der Waals surface area contributed by atoms with Crippen molar-refractivity contribution < 1.29 is 9.84 Å². The van der Waals surface area contributed by atoms with Crippen molar-refractivity contribution in [3.63, 3.8) is 0 Å². The molecular formula is C23H31N3O2. The minimum atomic E-state index is -0.495. The van der Waals surface area contributed by atoms with E-state index in [0.29, 0.717) is 24.4 Å². The maximum absolute atomic E-state index is 10.5. The number of aromatic nitrogens is 3. The van der Waals surface area contributed by atoms with E-state index < -0.39 is 5.60 Å². The topological polar surface area (TPSA) is 68.1 Å². The Morgan fingerprint density at radius 1 is 1.14 bits per heavy atom. The molecule has 2 aliphatic rings. The van der Waals surface area contributed by atoms with E-state index >= 15 is 0 Å². The summed E-state index contributed by atoms with van der Waals surface area (Å²) in [6.07, 6.45) is 9.43. The van der Waals surface area contributed by atoms with Gasteiger partial charge in [0, 0.05) is 35.5 Å². The van der Waals surface area contributed by atoms with Crippen LogP contribution in [0.4, 0.5) is 0 Å². The summed E-state index contributed by atoms with van der Waals surface area (Å²) < 4.78 is 6.21. The van der Waals surface area contributed by atoms with Crippen molar-refractivity contribution in [2.45, 2.75) is 76.7 Å². The molecule has 5 heteroatoms. The van der Waals surface area contributed by atoms with Crippen LogP contribution in [0.5, 0.6) is 5.88 Å². The second-order valence-corrected chi connectivity index (χ2v) is 8.70. The zero-order valence-corrected chi connectivity index (χ0v) is 17.2. The highest BCUT2D eigenvalue weighted by Crippen LogP contribution is 2.47. The van der Waals surface area contributed by atoms with Crippen LogP contribution in [0.2, 0.25) is 0 Å². The monoisotopic (exact) mass is 381 g/mol. The van der Waals surface area contributed by atoms with Gasteiger partial charge in [-0.05, 0) is 69.9 Å². The standard InChI is InChI=1S/C23H31N3O2/c1-4-23(27)9-7-17(8-10-23)20-13-24-16(3)26-22(20)28-14-18-11-19(18)21-6-5-15(2)12-25-21/h5-6,12-13,17-19,27H,4,7-11,14H2,1-3H3. The largest absolute Gasteiger partial charge is 0.477 e. The van der Waals surface area contributed by atoms with Gasteiger partial charge in [-0.25, -0.2) is 4.98 Å². The van der Waals surface area contributed by atoms with E-state index in [1.807, 2.05) is 19.3 Å². The summed E-state index contributed by atoms with van der Waals surface area (Å²) in [5.74, 6) is 2.86. The number of hydrogen-bond acceptors (Lipinski definition) is 5. The van der Waals surface area contributed by atoms with Crippen LogP contribution < -0.4 is 4.74 Å². The molecule has 2 aromatic rings. The van der Waals surface area contributed by atoms with Crippen molar-refractivity contribution >= 4 is 0 Å². The highest BCUT2D eigenvalue weighted by molar-refractivity contribution is 5.29. The third kappa shape index (κ3) is 4.19. The molecule has 28 heavy (non-hydrogen) atoms. The van der Waals surface area contributed by atoms with Gasteiger partial charge in [-0.1, -0.05) is 13.0 Å². The normalized spacial score (nSPS) is 29.5. The average Bonchev–Trinajstić information content (AvgIpc) is 3.48. The molecule has 1 N–H and O–H groups in total. The van der Waals surface area contributed by atoms with Gasteiger partial charge >= 0.3 is 0 Å². The van der Waals surface area contributed by atoms with E-state index in [-0.39, 0.29) is 0 Å². The van der Waals surface area contributed by atoms with Gasteiger partial charge in [0.05, 0.1) is 12.2 Å². The highest BCUT2D eigenvalue weighted by Gasteiger charge is 2.40. The number of ether oxygens (including phenoxy) is 1. The lowest BCUT2D eigenvalue weighted by Crippen LogP contribution is -2.32. The molecule has 0 amide bonds. The van der Waals surface area contributed by atoms with Gasteiger partial charge in [-0.15, -0.1) is 0 Å². The summed E-state index contributed by atoms with van der Waals surface area (Å²) in [6.45, 7) is 6.72. The average molecular weight is 382 g/mol. The van der Waals surface area contributed by atoms with E-state index in [1.54, 1.807) is 0 Å². The Morgan fingerprint density at radius 3 is 2.61 bits per heavy atom. The Balaban J connectivity index is 1.40. The molecule has 150 valence electrons. The highest BCUT2D eigenvalue weighted by atomic mass is 16.5. The lowest BCUT2D eigenvalue weighted by molar-refractivity contribution is -0.00449. The third-order valence-corrected chi connectivity index (χ3v) is 6.59. The van der Waals surface area contributed by atoms with Crippen LogP contribution in [0.25, 0.3) is 0 Å². The second kappa shape index (κ2) is 7.78. The molecule has 2 saturated carbocycles. The van der Waals surface area contributed by atoms with E-state index in [0.717, 1.165) is 55.8 Å². The zero-order valence-electron chi connectivity index (χ0n) is 17.2. The van der Waals surface area contributed by atoms with E-state index in [2.05, 4.69) is 40.9 Å². The number of hydrogen-bond donors (Lipinski definition) is 1. The molecule has 5 nitrogen and oxygen atoms in total. The summed E-state index contributed by atoms with van der Waals surface area (Å²) in [4.78, 5) is 13.6. The van der Waals surface area contributed by atoms with E-state index in [1.165, 1.54) is 11.3 Å². The molecule has 0 saturated heterocycles. The van der Waals surface area contributed by atoms with Gasteiger partial charge in [-0.2, -0.15) is 4.98 Å². The first-order valence-corrected chi connectivity index (χ1v) is 10.6. The Hall–Kier alpha value is -2.01. The van der Waals surface area contributed by atoms with Crippen LogP contribution in [0, 0.1) is 19.8 Å². The van der Waals surface area contributed by atoms with Gasteiger partial charge < -0.3 is 9.84 Å². The fraction of sp³-hybridized carbons (Fsp3) is 0.609. The van der Waals surface area contributed by atoms with Crippen LogP contribution in [0.15, 0.2) is 24.5 Å². The molecule has 0 bridgehead atoms. The van der Waals surface area contributed by atoms with Gasteiger partial charge in [-0.3, -0.25) is 4.98 Å². The molecule has 2 unspecified atom stereocenters. The van der Waals surface area contributed by atoms with Crippen LogP contribution in [-0.2, 0) is 0 Å². The van der Waals surface area contributed by atoms with Gasteiger partial charge in [0.25, 0.3) is 0 Å². The molecule has 0 radical (unpaired) electrons. The molecule has 0 aliphatic heterocycles. The van der Waals surface area contributed by atoms with Crippen molar-refractivity contribution in [3.05, 3.63) is 47.2 Å². The summed E-state index contributed by atoms with van der Waals surface area (Å²) >= 11 is 0. The molecule has 2 fully saturated rings. The molecule has 0 aromatic carbocycles. The van der Waals surface area contributed by atoms with Crippen molar-refractivity contribution in [2.24, 2.45) is 5.92 Å². The van der Waals surface area contributed by atoms with Crippen molar-refractivity contribution in [1.29, 1.82) is 0 Å². The minimum Gasteiger partial charge on any atom is -0.477 e. The second-order valence-electron chi connectivity index (χ2n) is 8.70. The number of nitrogens with zero attached hydrogens (tertiary/aromatic N) is 3. The fourth-order valence-electron chi connectivity index (χ4n) is 4.35. The van der Waals surface area contributed by atoms with Crippen LogP contribution in [0.3, 0.4) is 0 Å². The lowest BCUT2D eigenvalue weighted by atomic mass is 9.75. The molecule has 4 rings (SSSR count). The Kier molecular flexibility index (Phi) is 5.37. The van der Waals surface area contributed by atoms with Crippen LogP contribution in [0.1, 0.15) is 79.9 Å². The predicted octanol–water partition coefficient (Wildman–Crippen LogP) is 4.47. The summed E-state index contributed by atoms with van der Waals surface area (Å²) in [6, 6.07) is 4.27. The molecule has 2 heterocycles. The Morgan fingerprint density at radius 2 is 1.93 bits per heavy atom. The predicted molar refractivity (Wildman–Crippen MR) is 109 cm³/mol. The third-order valence-electron chi connectivity index (χ3n) is 6.59. The van der Waals surface area contributed by atoms with Gasteiger partial charge in [0.15, 0.2) is 0 Å². The SMILES string of the molecule is CCC1(O)CCC(c2cnc(C)nc2OCC2CC2c2ccc(C)cn2)CC1. The molecule has 2 aromatic heterocycles. The number of rotatable bonds is 6. The van der Waals surface area contributed by atoms with Crippen LogP contribution >= 0.6 is 0 Å². The summed E-state index contributed by atoms with van der Waals surface area (Å²) in [5, 5.41) is 10.5. The zero-order chi connectivity index (χ0) is 19.7. The quantitative estimate of drug-likeness (QED) is 0.799. The Bertz CT molecular complexity index is 813. The molecular weight excluding hydrogens is 350 g/mol. The van der Waals surface area contributed by atoms with Crippen molar-refractivity contribution in [1.82, 2.24) is 15.0 Å². The number of pyridine rings is 1. The maximum Gasteiger partial charge on any atom is 0.220 e. The fourth-order valence-corrected chi connectivity index (χ4v) is 4.35. The minimum absolute atomic E-state index is 0.371. The van der Waals surface area contributed by atoms with Gasteiger partial charge in [0.1, 0.15) is 5.82 Å². The number of aryl methyl sites for hydroxylation is 2. The first-order chi connectivity index (χ1) is 13.5. The molecule has 2 aliphatic carbocycles. The first kappa shape index (κ1) is 19.3. The van der Waals surface area contributed by atoms with Crippen molar-refractivity contribution in [3.8, 4) is 5.88 Å². The maximum atomic E-state index is 10.5. The number of aliphatic hydroxyl groups is 1. The van der Waals surface area contributed by atoms with E-state index in [9.17, 15) is 5.11 Å². The first-order valence-electron chi connectivity index (χ1n) is 10.6. The Labute approximate surface area is 167 Å². The summed E-state index contributed by atoms with van der Waals surface area (Å²) in [7, 11) is 0. The lowest BCUT2D eigenvalue weighted by Gasteiger charge is -2.35.